The van der Waals surface area contributed by atoms with E-state index < -0.39 is 6.04 Å². The van der Waals surface area contributed by atoms with Crippen molar-refractivity contribution < 1.29 is 23.9 Å². The van der Waals surface area contributed by atoms with Crippen molar-refractivity contribution in [3.63, 3.8) is 0 Å². The minimum Gasteiger partial charge on any atom is -0.388 e. The first-order valence-electron chi connectivity index (χ1n) is 5.36. The van der Waals surface area contributed by atoms with Crippen molar-refractivity contribution in [3.8, 4) is 0 Å². The van der Waals surface area contributed by atoms with Gasteiger partial charge in [0.25, 0.3) is 0 Å². The lowest BCUT2D eigenvalue weighted by molar-refractivity contribution is -0.117. The second kappa shape index (κ2) is 15.7. The molecule has 0 aromatic rings. The van der Waals surface area contributed by atoms with Crippen molar-refractivity contribution in [2.24, 2.45) is 0 Å². The molecule has 1 amide bonds. The molecule has 18 heavy (non-hydrogen) atoms. The average molecular weight is 263 g/mol. The second-order valence-electron chi connectivity index (χ2n) is 4.15. The first-order valence-corrected chi connectivity index (χ1v) is 5.36. The van der Waals surface area contributed by atoms with E-state index in [-0.39, 0.29) is 12.0 Å². The zero-order chi connectivity index (χ0) is 15.0. The van der Waals surface area contributed by atoms with E-state index in [1.165, 1.54) is 0 Å². The number of ether oxygens (including phenoxy) is 2. The average Bonchev–Trinajstić information content (AvgIpc) is 2.30. The highest BCUT2D eigenvalue weighted by atomic mass is 16.5. The summed E-state index contributed by atoms with van der Waals surface area (Å²) in [5.74, 6) is 0. The van der Waals surface area contributed by atoms with Gasteiger partial charge in [-0.25, -0.2) is 0 Å². The van der Waals surface area contributed by atoms with Crippen LogP contribution < -0.4 is 5.32 Å². The smallest absolute Gasteiger partial charge is 0.207 e. The molecule has 0 aromatic heterocycles. The lowest BCUT2D eigenvalue weighted by atomic mass is 10.2. The van der Waals surface area contributed by atoms with Crippen LogP contribution in [0, 0.1) is 0 Å². The van der Waals surface area contributed by atoms with Gasteiger partial charge in [0.05, 0.1) is 11.6 Å². The maximum Gasteiger partial charge on any atom is 0.207 e. The molecule has 6 nitrogen and oxygen atoms in total. The Balaban J connectivity index is -0.000000216. The number of hydrogen-bond acceptors (Lipinski definition) is 5. The molecule has 0 aliphatic rings. The van der Waals surface area contributed by atoms with Gasteiger partial charge in [0.1, 0.15) is 12.6 Å². The summed E-state index contributed by atoms with van der Waals surface area (Å²) in [7, 11) is 4.96. The van der Waals surface area contributed by atoms with Crippen LogP contribution in [0.25, 0.3) is 0 Å². The third-order valence-corrected chi connectivity index (χ3v) is 1.41. The summed E-state index contributed by atoms with van der Waals surface area (Å²) in [4.78, 5) is 29.3. The molecule has 0 spiro atoms. The Hall–Kier alpha value is -1.27. The highest BCUT2D eigenvalue weighted by Crippen LogP contribution is 2.02. The van der Waals surface area contributed by atoms with E-state index in [0.717, 1.165) is 0 Å². The summed E-state index contributed by atoms with van der Waals surface area (Å²) in [6, 6.07) is -0.653. The monoisotopic (exact) mass is 263 g/mol. The lowest BCUT2D eigenvalue weighted by Gasteiger charge is -2.14. The van der Waals surface area contributed by atoms with Crippen molar-refractivity contribution in [2.75, 3.05) is 21.3 Å². The first kappa shape index (κ1) is 22.0. The maximum absolute atomic E-state index is 9.90. The molecule has 0 aromatic carbocycles. The number of carbonyl (C=O) groups excluding carboxylic acids is 3. The number of carbonyl (C=O) groups is 3. The predicted molar refractivity (Wildman–Crippen MR) is 69.4 cm³/mol. The highest BCUT2D eigenvalue weighted by molar-refractivity contribution is 5.68. The summed E-state index contributed by atoms with van der Waals surface area (Å²) in [5, 5.41) is 2.15. The van der Waals surface area contributed by atoms with Gasteiger partial charge < -0.3 is 24.4 Å². The number of amides is 1. The zero-order valence-corrected chi connectivity index (χ0v) is 12.1. The second-order valence-corrected chi connectivity index (χ2v) is 4.15. The molecule has 108 valence electrons. The van der Waals surface area contributed by atoms with Crippen LogP contribution in [-0.2, 0) is 23.9 Å². The fourth-order valence-corrected chi connectivity index (χ4v) is 0.354. The Morgan fingerprint density at radius 2 is 1.50 bits per heavy atom. The first-order chi connectivity index (χ1) is 8.32. The zero-order valence-electron chi connectivity index (χ0n) is 12.1. The van der Waals surface area contributed by atoms with Crippen LogP contribution in [-0.4, -0.2) is 52.0 Å². The fourth-order valence-electron chi connectivity index (χ4n) is 0.354. The molecular formula is C12H25NO5. The van der Waals surface area contributed by atoms with Crippen LogP contribution >= 0.6 is 0 Å². The van der Waals surface area contributed by atoms with Crippen molar-refractivity contribution >= 4 is 19.0 Å². The summed E-state index contributed by atoms with van der Waals surface area (Å²) < 4.78 is 9.19. The Bertz CT molecular complexity index is 191. The van der Waals surface area contributed by atoms with Gasteiger partial charge >= 0.3 is 0 Å². The molecule has 0 bridgehead atoms. The van der Waals surface area contributed by atoms with E-state index in [2.05, 4.69) is 10.1 Å². The Morgan fingerprint density at radius 3 is 1.67 bits per heavy atom. The summed E-state index contributed by atoms with van der Waals surface area (Å²) in [5.41, 5.74) is 0.0417. The molecule has 0 heterocycles. The van der Waals surface area contributed by atoms with Crippen LogP contribution in [0.1, 0.15) is 27.2 Å². The molecule has 0 radical (unpaired) electrons. The van der Waals surface area contributed by atoms with E-state index in [9.17, 15) is 14.4 Å². The van der Waals surface area contributed by atoms with Crippen LogP contribution in [0.4, 0.5) is 0 Å². The largest absolute Gasteiger partial charge is 0.388 e. The number of rotatable bonds is 5. The molecule has 0 fully saturated rings. The molecule has 0 saturated carbocycles. The molecular weight excluding hydrogens is 238 g/mol. The maximum atomic E-state index is 9.90. The normalized spacial score (nSPS) is 10.8. The van der Waals surface area contributed by atoms with Gasteiger partial charge in [-0.2, -0.15) is 0 Å². The summed E-state index contributed by atoms with van der Waals surface area (Å²) in [6.07, 6.45) is 1.53. The van der Waals surface area contributed by atoms with E-state index in [1.807, 2.05) is 20.8 Å². The fraction of sp³-hybridized carbons (Fsp3) is 0.750. The molecule has 1 N–H and O–H groups in total. The van der Waals surface area contributed by atoms with Crippen LogP contribution in [0.5, 0.6) is 0 Å². The summed E-state index contributed by atoms with van der Waals surface area (Å²) in [6.45, 7) is 6.06. The van der Waals surface area contributed by atoms with E-state index >= 15 is 0 Å². The van der Waals surface area contributed by atoms with Crippen LogP contribution in [0.15, 0.2) is 0 Å². The predicted octanol–water partition coefficient (Wildman–Crippen LogP) is 0.583. The molecule has 0 rings (SSSR count). The van der Waals surface area contributed by atoms with Gasteiger partial charge in [-0.1, -0.05) is 0 Å². The quantitative estimate of drug-likeness (QED) is 0.734. The Morgan fingerprint density at radius 1 is 1.11 bits per heavy atom. The van der Waals surface area contributed by atoms with Gasteiger partial charge in [0.15, 0.2) is 0 Å². The van der Waals surface area contributed by atoms with Crippen molar-refractivity contribution in [1.29, 1.82) is 0 Å². The summed E-state index contributed by atoms with van der Waals surface area (Å²) >= 11 is 0. The van der Waals surface area contributed by atoms with Crippen molar-refractivity contribution in [3.05, 3.63) is 0 Å². The van der Waals surface area contributed by atoms with Crippen LogP contribution in [0.3, 0.4) is 0 Å². The van der Waals surface area contributed by atoms with E-state index in [1.54, 1.807) is 21.3 Å². The van der Waals surface area contributed by atoms with Gasteiger partial charge in [0, 0.05) is 27.8 Å². The molecule has 1 atom stereocenters. The van der Waals surface area contributed by atoms with Gasteiger partial charge in [-0.15, -0.1) is 0 Å². The van der Waals surface area contributed by atoms with E-state index in [0.29, 0.717) is 19.0 Å². The number of nitrogens with one attached hydrogen (secondary N) is 1. The lowest BCUT2D eigenvalue weighted by Crippen LogP contribution is -2.29. The standard InChI is InChI=1S/C5H7NO3.C5H12O.C2H6O/c7-2-1-5(3-8)6-4-9;1-5(2,3)6-4;1-3-2/h2-5H,1H2,(H,6,9);1-4H3;1-2H3. The molecule has 0 aliphatic carbocycles. The minimum absolute atomic E-state index is 0.0417. The van der Waals surface area contributed by atoms with E-state index in [4.69, 9.17) is 4.74 Å². The molecule has 6 heteroatoms. The van der Waals surface area contributed by atoms with Crippen molar-refractivity contribution in [2.45, 2.75) is 38.8 Å². The van der Waals surface area contributed by atoms with Gasteiger partial charge in [0.2, 0.25) is 6.41 Å². The van der Waals surface area contributed by atoms with Gasteiger partial charge in [-0.3, -0.25) is 4.79 Å². The molecule has 0 saturated heterocycles. The SMILES string of the molecule is COC.COC(C)(C)C.O=CCC(C=O)NC=O. The number of aldehydes is 2. The van der Waals surface area contributed by atoms with Crippen molar-refractivity contribution in [1.82, 2.24) is 5.32 Å². The molecule has 1 unspecified atom stereocenters. The Kier molecular flexibility index (Phi) is 19.2. The number of hydrogen-bond donors (Lipinski definition) is 1. The van der Waals surface area contributed by atoms with Gasteiger partial charge in [-0.05, 0) is 20.8 Å². The molecule has 0 aliphatic heterocycles. The highest BCUT2D eigenvalue weighted by Gasteiger charge is 2.04. The third-order valence-electron chi connectivity index (χ3n) is 1.41. The topological polar surface area (TPSA) is 81.7 Å². The number of methoxy groups -OCH3 is 2. The third kappa shape index (κ3) is 29.3. The van der Waals surface area contributed by atoms with Crippen LogP contribution in [0.2, 0.25) is 0 Å². The minimum atomic E-state index is -0.653. The Labute approximate surface area is 109 Å².